The smallest absolute Gasteiger partial charge is 0.251 e. The molecule has 1 fully saturated rings. The van der Waals surface area contributed by atoms with Gasteiger partial charge in [-0.2, -0.15) is 0 Å². The molecule has 2 rings (SSSR count). The molecule has 3 nitrogen and oxygen atoms in total. The van der Waals surface area contributed by atoms with Gasteiger partial charge in [-0.15, -0.1) is 0 Å². The van der Waals surface area contributed by atoms with Gasteiger partial charge in [0.05, 0.1) is 0 Å². The van der Waals surface area contributed by atoms with Crippen molar-refractivity contribution in [3.8, 4) is 11.8 Å². The SMILES string of the molecule is Cc1cc(C#CCO)cc(C(=O)NC2CC2)c1. The van der Waals surface area contributed by atoms with Crippen LogP contribution in [0.2, 0.25) is 0 Å². The van der Waals surface area contributed by atoms with Crippen LogP contribution in [0.4, 0.5) is 0 Å². The summed E-state index contributed by atoms with van der Waals surface area (Å²) in [5.74, 6) is 5.37. The molecule has 0 aliphatic heterocycles. The Morgan fingerprint density at radius 2 is 2.24 bits per heavy atom. The maximum Gasteiger partial charge on any atom is 0.251 e. The average molecular weight is 229 g/mol. The number of aryl methyl sites for hydroxylation is 1. The molecule has 1 aromatic rings. The van der Waals surface area contributed by atoms with Gasteiger partial charge in [0.1, 0.15) is 6.61 Å². The van der Waals surface area contributed by atoms with E-state index in [-0.39, 0.29) is 12.5 Å². The molecule has 0 spiro atoms. The van der Waals surface area contributed by atoms with E-state index in [0.29, 0.717) is 11.6 Å². The molecule has 1 aromatic carbocycles. The summed E-state index contributed by atoms with van der Waals surface area (Å²) in [6.45, 7) is 1.76. The predicted molar refractivity (Wildman–Crippen MR) is 65.6 cm³/mol. The van der Waals surface area contributed by atoms with E-state index < -0.39 is 0 Å². The Morgan fingerprint density at radius 1 is 1.47 bits per heavy atom. The standard InChI is InChI=1S/C14H15NO2/c1-10-7-11(3-2-6-16)9-12(8-10)14(17)15-13-4-5-13/h7-9,13,16H,4-6H2,1H3,(H,15,17). The van der Waals surface area contributed by atoms with Crippen molar-refractivity contribution in [2.75, 3.05) is 6.61 Å². The van der Waals surface area contributed by atoms with Crippen LogP contribution in [-0.4, -0.2) is 23.7 Å². The average Bonchev–Trinajstić information content (AvgIpc) is 3.09. The van der Waals surface area contributed by atoms with Crippen molar-refractivity contribution < 1.29 is 9.90 Å². The van der Waals surface area contributed by atoms with Gasteiger partial charge in [0.2, 0.25) is 0 Å². The summed E-state index contributed by atoms with van der Waals surface area (Å²) < 4.78 is 0. The number of aliphatic hydroxyl groups excluding tert-OH is 1. The summed E-state index contributed by atoms with van der Waals surface area (Å²) >= 11 is 0. The first-order valence-corrected chi connectivity index (χ1v) is 5.71. The van der Waals surface area contributed by atoms with Crippen LogP contribution in [0.3, 0.4) is 0 Å². The summed E-state index contributed by atoms with van der Waals surface area (Å²) in [4.78, 5) is 11.9. The number of rotatable bonds is 2. The Kier molecular flexibility index (Phi) is 3.46. The zero-order chi connectivity index (χ0) is 12.3. The molecule has 17 heavy (non-hydrogen) atoms. The molecule has 0 saturated heterocycles. The highest BCUT2D eigenvalue weighted by Gasteiger charge is 2.23. The second-order valence-corrected chi connectivity index (χ2v) is 4.30. The molecule has 0 radical (unpaired) electrons. The van der Waals surface area contributed by atoms with Gasteiger partial charge in [-0.05, 0) is 43.5 Å². The van der Waals surface area contributed by atoms with Crippen molar-refractivity contribution >= 4 is 5.91 Å². The van der Waals surface area contributed by atoms with E-state index in [1.54, 1.807) is 6.07 Å². The third-order valence-corrected chi connectivity index (χ3v) is 2.56. The molecule has 1 aliphatic carbocycles. The van der Waals surface area contributed by atoms with Crippen molar-refractivity contribution in [3.63, 3.8) is 0 Å². The molecular weight excluding hydrogens is 214 g/mol. The molecule has 1 saturated carbocycles. The Labute approximate surface area is 101 Å². The lowest BCUT2D eigenvalue weighted by atomic mass is 10.1. The number of hydrogen-bond acceptors (Lipinski definition) is 2. The minimum Gasteiger partial charge on any atom is -0.384 e. The van der Waals surface area contributed by atoms with Gasteiger partial charge in [0.15, 0.2) is 0 Å². The number of carbonyl (C=O) groups excluding carboxylic acids is 1. The second kappa shape index (κ2) is 5.03. The van der Waals surface area contributed by atoms with E-state index in [9.17, 15) is 4.79 Å². The maximum atomic E-state index is 11.9. The molecule has 0 aromatic heterocycles. The van der Waals surface area contributed by atoms with Gasteiger partial charge in [-0.3, -0.25) is 4.79 Å². The number of hydrogen-bond donors (Lipinski definition) is 2. The zero-order valence-corrected chi connectivity index (χ0v) is 9.79. The lowest BCUT2D eigenvalue weighted by Gasteiger charge is -2.05. The minimum absolute atomic E-state index is 0.0387. The van der Waals surface area contributed by atoms with Gasteiger partial charge in [0.25, 0.3) is 5.91 Å². The molecule has 0 atom stereocenters. The van der Waals surface area contributed by atoms with Crippen LogP contribution in [0.5, 0.6) is 0 Å². The molecule has 0 heterocycles. The van der Waals surface area contributed by atoms with Gasteiger partial charge in [-0.1, -0.05) is 11.8 Å². The highest BCUT2D eigenvalue weighted by molar-refractivity contribution is 5.95. The van der Waals surface area contributed by atoms with Crippen LogP contribution < -0.4 is 5.32 Å². The summed E-state index contributed by atoms with van der Waals surface area (Å²) in [5, 5.41) is 11.6. The van der Waals surface area contributed by atoms with Crippen LogP contribution in [0.25, 0.3) is 0 Å². The van der Waals surface area contributed by atoms with Crippen LogP contribution in [0, 0.1) is 18.8 Å². The lowest BCUT2D eigenvalue weighted by Crippen LogP contribution is -2.25. The van der Waals surface area contributed by atoms with Crippen LogP contribution in [0.1, 0.15) is 34.3 Å². The quantitative estimate of drug-likeness (QED) is 0.749. The van der Waals surface area contributed by atoms with Gasteiger partial charge in [0, 0.05) is 17.2 Å². The van der Waals surface area contributed by atoms with E-state index in [4.69, 9.17) is 5.11 Å². The Hall–Kier alpha value is -1.79. The number of carbonyl (C=O) groups is 1. The van der Waals surface area contributed by atoms with Gasteiger partial charge >= 0.3 is 0 Å². The lowest BCUT2D eigenvalue weighted by molar-refractivity contribution is 0.0951. The fraction of sp³-hybridized carbons (Fsp3) is 0.357. The van der Waals surface area contributed by atoms with E-state index >= 15 is 0 Å². The van der Waals surface area contributed by atoms with Crippen molar-refractivity contribution in [1.29, 1.82) is 0 Å². The normalized spacial score (nSPS) is 13.8. The first-order chi connectivity index (χ1) is 8.19. The molecule has 88 valence electrons. The van der Waals surface area contributed by atoms with E-state index in [1.165, 1.54) is 0 Å². The minimum atomic E-state index is -0.169. The molecule has 1 aliphatic rings. The maximum absolute atomic E-state index is 11.9. The van der Waals surface area contributed by atoms with Crippen molar-refractivity contribution in [2.24, 2.45) is 0 Å². The van der Waals surface area contributed by atoms with E-state index in [1.807, 2.05) is 19.1 Å². The largest absolute Gasteiger partial charge is 0.384 e. The Bertz CT molecular complexity index is 493. The van der Waals surface area contributed by atoms with Crippen LogP contribution in [-0.2, 0) is 0 Å². The summed E-state index contributed by atoms with van der Waals surface area (Å²) in [5.41, 5.74) is 2.40. The Balaban J connectivity index is 2.20. The van der Waals surface area contributed by atoms with Crippen molar-refractivity contribution in [1.82, 2.24) is 5.32 Å². The highest BCUT2D eigenvalue weighted by Crippen LogP contribution is 2.19. The topological polar surface area (TPSA) is 49.3 Å². The fourth-order valence-corrected chi connectivity index (χ4v) is 1.62. The van der Waals surface area contributed by atoms with Crippen LogP contribution >= 0.6 is 0 Å². The molecule has 0 bridgehead atoms. The van der Waals surface area contributed by atoms with Crippen molar-refractivity contribution in [3.05, 3.63) is 34.9 Å². The van der Waals surface area contributed by atoms with Gasteiger partial charge < -0.3 is 10.4 Å². The van der Waals surface area contributed by atoms with E-state index in [2.05, 4.69) is 17.2 Å². The fourth-order valence-electron chi connectivity index (χ4n) is 1.62. The number of nitrogens with one attached hydrogen (secondary N) is 1. The first-order valence-electron chi connectivity index (χ1n) is 5.71. The molecule has 0 unspecified atom stereocenters. The number of aliphatic hydroxyl groups is 1. The molecule has 3 heteroatoms. The number of amides is 1. The number of benzene rings is 1. The molecule has 2 N–H and O–H groups in total. The predicted octanol–water partition coefficient (Wildman–Crippen LogP) is 1.23. The monoisotopic (exact) mass is 229 g/mol. The summed E-state index contributed by atoms with van der Waals surface area (Å²) in [7, 11) is 0. The molecular formula is C14H15NO2. The summed E-state index contributed by atoms with van der Waals surface area (Å²) in [6, 6.07) is 5.86. The van der Waals surface area contributed by atoms with Crippen molar-refractivity contribution in [2.45, 2.75) is 25.8 Å². The highest BCUT2D eigenvalue weighted by atomic mass is 16.2. The molecule has 1 amide bonds. The van der Waals surface area contributed by atoms with Crippen LogP contribution in [0.15, 0.2) is 18.2 Å². The summed E-state index contributed by atoms with van der Waals surface area (Å²) in [6.07, 6.45) is 2.16. The third-order valence-electron chi connectivity index (χ3n) is 2.56. The Morgan fingerprint density at radius 3 is 2.88 bits per heavy atom. The zero-order valence-electron chi connectivity index (χ0n) is 9.79. The second-order valence-electron chi connectivity index (χ2n) is 4.30. The van der Waals surface area contributed by atoms with Gasteiger partial charge in [-0.25, -0.2) is 0 Å². The first kappa shape index (κ1) is 11.7. The van der Waals surface area contributed by atoms with E-state index in [0.717, 1.165) is 24.0 Å². The third kappa shape index (κ3) is 3.33.